The zero-order valence-corrected chi connectivity index (χ0v) is 10.8. The van der Waals surface area contributed by atoms with Gasteiger partial charge in [0.1, 0.15) is 0 Å². The maximum Gasteiger partial charge on any atom is 0.0837 e. The van der Waals surface area contributed by atoms with Crippen LogP contribution in [-0.2, 0) is 9.47 Å². The average molecular weight is 248 g/mol. The average Bonchev–Trinajstić information content (AvgIpc) is 2.33. The first-order valence-corrected chi connectivity index (χ1v) is 6.86. The minimum atomic E-state index is 0.196. The SMILES string of the molecule is CC1COC(CCl)CN1CC1CCCCO1. The first-order chi connectivity index (χ1) is 7.79. The molecule has 0 aromatic rings. The molecule has 2 fully saturated rings. The van der Waals surface area contributed by atoms with E-state index in [1.807, 2.05) is 0 Å². The van der Waals surface area contributed by atoms with E-state index in [9.17, 15) is 0 Å². The number of alkyl halides is 1. The molecule has 94 valence electrons. The zero-order valence-electron chi connectivity index (χ0n) is 10.0. The summed E-state index contributed by atoms with van der Waals surface area (Å²) in [6, 6.07) is 0.491. The van der Waals surface area contributed by atoms with Crippen molar-refractivity contribution in [1.29, 1.82) is 0 Å². The van der Waals surface area contributed by atoms with Crippen LogP contribution in [0.25, 0.3) is 0 Å². The molecule has 0 saturated carbocycles. The minimum absolute atomic E-state index is 0.196. The summed E-state index contributed by atoms with van der Waals surface area (Å²) in [4.78, 5) is 2.46. The van der Waals surface area contributed by atoms with Crippen molar-refractivity contribution < 1.29 is 9.47 Å². The largest absolute Gasteiger partial charge is 0.377 e. The predicted octanol–water partition coefficient (Wildman–Crippen LogP) is 1.88. The van der Waals surface area contributed by atoms with Crippen LogP contribution in [0.5, 0.6) is 0 Å². The molecule has 0 aliphatic carbocycles. The first-order valence-electron chi connectivity index (χ1n) is 6.33. The quantitative estimate of drug-likeness (QED) is 0.711. The van der Waals surface area contributed by atoms with Crippen LogP contribution in [0.1, 0.15) is 26.2 Å². The highest BCUT2D eigenvalue weighted by atomic mass is 35.5. The van der Waals surface area contributed by atoms with Crippen molar-refractivity contribution in [2.45, 2.75) is 44.4 Å². The molecule has 2 saturated heterocycles. The van der Waals surface area contributed by atoms with E-state index >= 15 is 0 Å². The van der Waals surface area contributed by atoms with Crippen LogP contribution in [0.15, 0.2) is 0 Å². The summed E-state index contributed by atoms with van der Waals surface area (Å²) in [6.07, 6.45) is 4.35. The Morgan fingerprint density at radius 1 is 1.25 bits per heavy atom. The van der Waals surface area contributed by atoms with E-state index in [1.165, 1.54) is 19.3 Å². The van der Waals surface area contributed by atoms with Crippen molar-refractivity contribution in [3.63, 3.8) is 0 Å². The highest BCUT2D eigenvalue weighted by Gasteiger charge is 2.28. The molecule has 2 rings (SSSR count). The normalized spacial score (nSPS) is 37.5. The maximum absolute atomic E-state index is 5.85. The van der Waals surface area contributed by atoms with Gasteiger partial charge in [0.2, 0.25) is 0 Å². The second-order valence-electron chi connectivity index (χ2n) is 4.90. The Bertz CT molecular complexity index is 209. The number of hydrogen-bond acceptors (Lipinski definition) is 3. The molecule has 16 heavy (non-hydrogen) atoms. The van der Waals surface area contributed by atoms with Gasteiger partial charge in [0, 0.05) is 31.6 Å². The standard InChI is InChI=1S/C12H22ClNO2/c1-10-9-16-12(6-13)8-14(10)7-11-4-2-3-5-15-11/h10-12H,2-9H2,1H3. The van der Waals surface area contributed by atoms with Crippen LogP contribution in [0.2, 0.25) is 0 Å². The number of halogens is 1. The minimum Gasteiger partial charge on any atom is -0.377 e. The highest BCUT2D eigenvalue weighted by molar-refractivity contribution is 6.18. The number of rotatable bonds is 3. The van der Waals surface area contributed by atoms with Crippen molar-refractivity contribution in [1.82, 2.24) is 4.90 Å². The van der Waals surface area contributed by atoms with Gasteiger partial charge < -0.3 is 9.47 Å². The molecule has 3 atom stereocenters. The van der Waals surface area contributed by atoms with Gasteiger partial charge in [-0.3, -0.25) is 4.90 Å². The Morgan fingerprint density at radius 2 is 2.12 bits per heavy atom. The smallest absolute Gasteiger partial charge is 0.0837 e. The van der Waals surface area contributed by atoms with Crippen LogP contribution in [-0.4, -0.2) is 55.3 Å². The number of hydrogen-bond donors (Lipinski definition) is 0. The lowest BCUT2D eigenvalue weighted by Gasteiger charge is -2.39. The lowest BCUT2D eigenvalue weighted by molar-refractivity contribution is -0.0766. The lowest BCUT2D eigenvalue weighted by Crippen LogP contribution is -2.51. The molecule has 2 heterocycles. The van der Waals surface area contributed by atoms with Gasteiger partial charge in [0.15, 0.2) is 0 Å². The molecule has 3 unspecified atom stereocenters. The third kappa shape index (κ3) is 3.33. The Kier molecular flexibility index (Phi) is 4.89. The van der Waals surface area contributed by atoms with Crippen molar-refractivity contribution in [2.24, 2.45) is 0 Å². The monoisotopic (exact) mass is 247 g/mol. The van der Waals surface area contributed by atoms with E-state index in [1.54, 1.807) is 0 Å². The predicted molar refractivity (Wildman–Crippen MR) is 65.1 cm³/mol. The molecule has 0 aromatic heterocycles. The molecule has 0 amide bonds. The Morgan fingerprint density at radius 3 is 2.81 bits per heavy atom. The third-order valence-corrected chi connectivity index (χ3v) is 3.86. The Labute approximate surface area is 103 Å². The molecular formula is C12H22ClNO2. The summed E-state index contributed by atoms with van der Waals surface area (Å²) < 4.78 is 11.4. The van der Waals surface area contributed by atoms with Crippen molar-refractivity contribution in [2.75, 3.05) is 32.2 Å². The molecule has 0 radical (unpaired) electrons. The maximum atomic E-state index is 5.85. The summed E-state index contributed by atoms with van der Waals surface area (Å²) >= 11 is 5.85. The van der Waals surface area contributed by atoms with Crippen LogP contribution in [0.3, 0.4) is 0 Å². The molecule has 0 bridgehead atoms. The van der Waals surface area contributed by atoms with E-state index in [4.69, 9.17) is 21.1 Å². The van der Waals surface area contributed by atoms with Crippen molar-refractivity contribution in [3.05, 3.63) is 0 Å². The fourth-order valence-corrected chi connectivity index (χ4v) is 2.62. The van der Waals surface area contributed by atoms with Crippen LogP contribution in [0.4, 0.5) is 0 Å². The molecule has 2 aliphatic heterocycles. The molecule has 0 spiro atoms. The topological polar surface area (TPSA) is 21.7 Å². The van der Waals surface area contributed by atoms with E-state index < -0.39 is 0 Å². The van der Waals surface area contributed by atoms with Gasteiger partial charge in [-0.15, -0.1) is 11.6 Å². The van der Waals surface area contributed by atoms with Crippen LogP contribution < -0.4 is 0 Å². The third-order valence-electron chi connectivity index (χ3n) is 3.52. The summed E-state index contributed by atoms with van der Waals surface area (Å²) in [7, 11) is 0. The van der Waals surface area contributed by atoms with E-state index in [-0.39, 0.29) is 6.10 Å². The fourth-order valence-electron chi connectivity index (χ4n) is 2.44. The Balaban J connectivity index is 1.81. The number of ether oxygens (including phenoxy) is 2. The van der Waals surface area contributed by atoms with E-state index in [0.29, 0.717) is 18.0 Å². The van der Waals surface area contributed by atoms with Gasteiger partial charge >= 0.3 is 0 Å². The van der Waals surface area contributed by atoms with Crippen LogP contribution in [0, 0.1) is 0 Å². The second kappa shape index (κ2) is 6.20. The van der Waals surface area contributed by atoms with Gasteiger partial charge in [0.05, 0.1) is 18.8 Å². The molecule has 3 nitrogen and oxygen atoms in total. The molecule has 0 N–H and O–H groups in total. The fraction of sp³-hybridized carbons (Fsp3) is 1.00. The summed E-state index contributed by atoms with van der Waals surface area (Å²) in [6.45, 7) is 5.93. The summed E-state index contributed by atoms with van der Waals surface area (Å²) in [5.74, 6) is 0.592. The van der Waals surface area contributed by atoms with Crippen molar-refractivity contribution in [3.8, 4) is 0 Å². The van der Waals surface area contributed by atoms with Crippen LogP contribution >= 0.6 is 11.6 Å². The van der Waals surface area contributed by atoms with Gasteiger partial charge in [-0.05, 0) is 26.2 Å². The van der Waals surface area contributed by atoms with E-state index in [0.717, 1.165) is 26.3 Å². The summed E-state index contributed by atoms with van der Waals surface area (Å²) in [5.41, 5.74) is 0. The number of nitrogens with zero attached hydrogens (tertiary/aromatic N) is 1. The van der Waals surface area contributed by atoms with E-state index in [2.05, 4.69) is 11.8 Å². The molecule has 4 heteroatoms. The first kappa shape index (κ1) is 12.6. The molecule has 2 aliphatic rings. The Hall–Kier alpha value is 0.170. The highest BCUT2D eigenvalue weighted by Crippen LogP contribution is 2.18. The molecular weight excluding hydrogens is 226 g/mol. The lowest BCUT2D eigenvalue weighted by atomic mass is 10.1. The van der Waals surface area contributed by atoms with Crippen molar-refractivity contribution >= 4 is 11.6 Å². The van der Waals surface area contributed by atoms with Gasteiger partial charge in [-0.1, -0.05) is 0 Å². The zero-order chi connectivity index (χ0) is 11.4. The van der Waals surface area contributed by atoms with Gasteiger partial charge in [-0.2, -0.15) is 0 Å². The number of morpholine rings is 1. The van der Waals surface area contributed by atoms with Gasteiger partial charge in [0.25, 0.3) is 0 Å². The summed E-state index contributed by atoms with van der Waals surface area (Å²) in [5, 5.41) is 0. The van der Waals surface area contributed by atoms with Gasteiger partial charge in [-0.25, -0.2) is 0 Å². The molecule has 0 aromatic carbocycles. The second-order valence-corrected chi connectivity index (χ2v) is 5.21.